The zero-order chi connectivity index (χ0) is 9.62. The lowest BCUT2D eigenvalue weighted by Gasteiger charge is -2.35. The summed E-state index contributed by atoms with van der Waals surface area (Å²) in [5, 5.41) is 9.86. The van der Waals surface area contributed by atoms with Crippen LogP contribution in [0.1, 0.15) is 20.3 Å². The molecule has 72 valence electrons. The third-order valence-electron chi connectivity index (χ3n) is 2.48. The summed E-state index contributed by atoms with van der Waals surface area (Å²) < 4.78 is 22.2. The molecule has 4 nitrogen and oxygen atoms in total. The van der Waals surface area contributed by atoms with Crippen molar-refractivity contribution in [1.82, 2.24) is 0 Å². The van der Waals surface area contributed by atoms with E-state index in [0.29, 0.717) is 0 Å². The van der Waals surface area contributed by atoms with E-state index < -0.39 is 21.0 Å². The quantitative estimate of drug-likeness (QED) is 0.575. The summed E-state index contributed by atoms with van der Waals surface area (Å²) in [4.78, 5) is 0. The molecule has 1 saturated heterocycles. The Morgan fingerprint density at radius 1 is 1.50 bits per heavy atom. The molecule has 1 atom stereocenters. The fourth-order valence-corrected chi connectivity index (χ4v) is 3.38. The Hall–Kier alpha value is -0.130. The van der Waals surface area contributed by atoms with Crippen LogP contribution in [-0.2, 0) is 9.84 Å². The van der Waals surface area contributed by atoms with Gasteiger partial charge in [0.25, 0.3) is 0 Å². The van der Waals surface area contributed by atoms with Crippen molar-refractivity contribution in [2.24, 2.45) is 5.73 Å². The van der Waals surface area contributed by atoms with Gasteiger partial charge in [-0.1, -0.05) is 0 Å². The summed E-state index contributed by atoms with van der Waals surface area (Å²) in [5.41, 5.74) is 3.59. The fourth-order valence-electron chi connectivity index (χ4n) is 1.34. The van der Waals surface area contributed by atoms with Crippen LogP contribution in [0.15, 0.2) is 0 Å². The lowest BCUT2D eigenvalue weighted by molar-refractivity contribution is 0.00339. The van der Waals surface area contributed by atoms with Gasteiger partial charge in [-0.15, -0.1) is 0 Å². The van der Waals surface area contributed by atoms with Crippen LogP contribution >= 0.6 is 0 Å². The van der Waals surface area contributed by atoms with Crippen molar-refractivity contribution in [3.63, 3.8) is 0 Å². The van der Waals surface area contributed by atoms with Gasteiger partial charge in [0.1, 0.15) is 0 Å². The van der Waals surface area contributed by atoms with E-state index in [1.165, 1.54) is 0 Å². The van der Waals surface area contributed by atoms with Gasteiger partial charge >= 0.3 is 0 Å². The highest BCUT2D eigenvalue weighted by Crippen LogP contribution is 2.31. The lowest BCUT2D eigenvalue weighted by Crippen LogP contribution is -2.57. The Balaban J connectivity index is 2.93. The van der Waals surface area contributed by atoms with Crippen LogP contribution in [0.2, 0.25) is 0 Å². The summed E-state index contributed by atoms with van der Waals surface area (Å²) in [7, 11) is -3.07. The maximum absolute atomic E-state index is 11.1. The largest absolute Gasteiger partial charge is 0.387 e. The average molecular weight is 193 g/mol. The number of aliphatic hydroxyl groups is 1. The maximum atomic E-state index is 11.1. The van der Waals surface area contributed by atoms with E-state index in [0.717, 1.165) is 0 Å². The van der Waals surface area contributed by atoms with Crippen molar-refractivity contribution in [2.45, 2.75) is 31.4 Å². The molecule has 12 heavy (non-hydrogen) atoms. The number of nitrogens with two attached hydrogens (primary N) is 1. The summed E-state index contributed by atoms with van der Waals surface area (Å²) in [6.45, 7) is 3.29. The minimum absolute atomic E-state index is 0.0458. The molecule has 1 unspecified atom stereocenters. The average Bonchev–Trinajstić information content (AvgIpc) is 2.05. The molecule has 5 heteroatoms. The summed E-state index contributed by atoms with van der Waals surface area (Å²) in [6, 6.07) is 0. The van der Waals surface area contributed by atoms with Crippen LogP contribution in [0.5, 0.6) is 0 Å². The Kier molecular flexibility index (Phi) is 2.02. The van der Waals surface area contributed by atoms with Crippen LogP contribution in [0.3, 0.4) is 0 Å². The van der Waals surface area contributed by atoms with Gasteiger partial charge in [0.15, 0.2) is 9.84 Å². The first-order chi connectivity index (χ1) is 5.16. The van der Waals surface area contributed by atoms with Crippen LogP contribution in [0.4, 0.5) is 0 Å². The molecule has 0 bridgehead atoms. The second-order valence-corrected chi connectivity index (χ2v) is 6.28. The highest BCUT2D eigenvalue weighted by molar-refractivity contribution is 7.91. The molecule has 1 heterocycles. The number of sulfone groups is 1. The number of rotatable bonds is 1. The number of hydrogen-bond donors (Lipinski definition) is 2. The topological polar surface area (TPSA) is 80.4 Å². The molecule has 0 spiro atoms. The first-order valence-electron chi connectivity index (χ1n) is 3.88. The van der Waals surface area contributed by atoms with Crippen LogP contribution in [0.25, 0.3) is 0 Å². The molecule has 1 aliphatic rings. The molecule has 0 aromatic heterocycles. The molecule has 0 amide bonds. The molecular formula is C7H15NO3S. The Labute approximate surface area is 72.7 Å². The first-order valence-corrected chi connectivity index (χ1v) is 5.70. The van der Waals surface area contributed by atoms with E-state index in [1.807, 2.05) is 0 Å². The molecule has 0 aliphatic carbocycles. The second-order valence-electron chi connectivity index (χ2n) is 4.10. The van der Waals surface area contributed by atoms with Crippen molar-refractivity contribution >= 4 is 9.84 Å². The summed E-state index contributed by atoms with van der Waals surface area (Å²) >= 11 is 0. The van der Waals surface area contributed by atoms with Crippen molar-refractivity contribution in [2.75, 3.05) is 11.5 Å². The van der Waals surface area contributed by atoms with Gasteiger partial charge in [-0.3, -0.25) is 0 Å². The van der Waals surface area contributed by atoms with Gasteiger partial charge in [0.05, 0.1) is 17.1 Å². The smallest absolute Gasteiger partial charge is 0.153 e. The van der Waals surface area contributed by atoms with Crippen molar-refractivity contribution < 1.29 is 13.5 Å². The normalized spacial score (nSPS) is 35.3. The van der Waals surface area contributed by atoms with Crippen LogP contribution in [-0.4, -0.2) is 36.2 Å². The third-order valence-corrected chi connectivity index (χ3v) is 4.23. The Morgan fingerprint density at radius 3 is 2.17 bits per heavy atom. The van der Waals surface area contributed by atoms with Gasteiger partial charge < -0.3 is 10.8 Å². The minimum Gasteiger partial charge on any atom is -0.387 e. The van der Waals surface area contributed by atoms with Crippen LogP contribution < -0.4 is 5.73 Å². The Morgan fingerprint density at radius 2 is 2.00 bits per heavy atom. The van der Waals surface area contributed by atoms with E-state index in [2.05, 4.69) is 0 Å². The molecule has 0 radical (unpaired) electrons. The molecule has 0 saturated carbocycles. The number of hydrogen-bond acceptors (Lipinski definition) is 4. The van der Waals surface area contributed by atoms with Gasteiger partial charge in [-0.2, -0.15) is 0 Å². The van der Waals surface area contributed by atoms with E-state index in [1.54, 1.807) is 13.8 Å². The predicted molar refractivity (Wildman–Crippen MR) is 46.5 cm³/mol. The molecule has 1 rings (SSSR count). The van der Waals surface area contributed by atoms with E-state index in [9.17, 15) is 13.5 Å². The first kappa shape index (κ1) is 9.95. The molecule has 0 aromatic rings. The highest BCUT2D eigenvalue weighted by atomic mass is 32.2. The van der Waals surface area contributed by atoms with E-state index in [4.69, 9.17) is 5.73 Å². The standard InChI is InChI=1S/C7H15NO3S/c1-6(2,8)7(9)3-4-12(10,11)5-7/h9H,3-5,8H2,1-2H3. The molecule has 1 fully saturated rings. The van der Waals surface area contributed by atoms with Gasteiger partial charge in [0, 0.05) is 5.54 Å². The molecule has 0 aromatic carbocycles. The zero-order valence-electron chi connectivity index (χ0n) is 7.37. The monoisotopic (exact) mass is 193 g/mol. The van der Waals surface area contributed by atoms with E-state index >= 15 is 0 Å². The van der Waals surface area contributed by atoms with Crippen molar-refractivity contribution in [3.05, 3.63) is 0 Å². The molecular weight excluding hydrogens is 178 g/mol. The van der Waals surface area contributed by atoms with Gasteiger partial charge in [-0.05, 0) is 20.3 Å². The summed E-state index contributed by atoms with van der Waals surface area (Å²) in [6.07, 6.45) is 0.249. The van der Waals surface area contributed by atoms with Crippen molar-refractivity contribution in [1.29, 1.82) is 0 Å². The predicted octanol–water partition coefficient (Wildman–Crippen LogP) is -0.727. The summed E-state index contributed by atoms with van der Waals surface area (Å²) in [5.74, 6) is -0.159. The zero-order valence-corrected chi connectivity index (χ0v) is 8.19. The minimum atomic E-state index is -3.07. The maximum Gasteiger partial charge on any atom is 0.153 e. The SMILES string of the molecule is CC(C)(N)C1(O)CCS(=O)(=O)C1. The van der Waals surface area contributed by atoms with Gasteiger partial charge in [0.2, 0.25) is 0 Å². The van der Waals surface area contributed by atoms with Crippen LogP contribution in [0, 0.1) is 0 Å². The van der Waals surface area contributed by atoms with E-state index in [-0.39, 0.29) is 17.9 Å². The molecule has 1 aliphatic heterocycles. The Bertz CT molecular complexity index is 278. The van der Waals surface area contributed by atoms with Gasteiger partial charge in [-0.25, -0.2) is 8.42 Å². The lowest BCUT2D eigenvalue weighted by atomic mass is 9.83. The van der Waals surface area contributed by atoms with Crippen molar-refractivity contribution in [3.8, 4) is 0 Å². The second kappa shape index (κ2) is 2.43. The third kappa shape index (κ3) is 1.62. The molecule has 3 N–H and O–H groups in total. The highest BCUT2D eigenvalue weighted by Gasteiger charge is 2.49. The fraction of sp³-hybridized carbons (Fsp3) is 1.00.